The van der Waals surface area contributed by atoms with Crippen molar-refractivity contribution in [3.8, 4) is 0 Å². The summed E-state index contributed by atoms with van der Waals surface area (Å²) in [5.74, 6) is -0.921. The number of carbonyl (C=O) groups is 3. The molecular weight excluding hydrogens is 534 g/mol. The van der Waals surface area contributed by atoms with Gasteiger partial charge in [0, 0.05) is 45.2 Å². The van der Waals surface area contributed by atoms with Crippen LogP contribution < -0.4 is 21.3 Å². The third kappa shape index (κ3) is 13.3. The molecule has 10 nitrogen and oxygen atoms in total. The average molecular weight is 596 g/mol. The van der Waals surface area contributed by atoms with Crippen LogP contribution in [0.4, 0.5) is 4.79 Å². The van der Waals surface area contributed by atoms with Gasteiger partial charge in [-0.15, -0.1) is 0 Å². The highest BCUT2D eigenvalue weighted by atomic mass is 16.6. The van der Waals surface area contributed by atoms with Gasteiger partial charge in [-0.05, 0) is 51.4 Å². The number of hydrogen-bond acceptors (Lipinski definition) is 8. The van der Waals surface area contributed by atoms with Crippen molar-refractivity contribution in [1.29, 1.82) is 0 Å². The van der Waals surface area contributed by atoms with Gasteiger partial charge in [0.25, 0.3) is 0 Å². The molecule has 2 rings (SSSR count). The lowest BCUT2D eigenvalue weighted by atomic mass is 9.81. The molecule has 0 radical (unpaired) electrons. The van der Waals surface area contributed by atoms with E-state index in [4.69, 9.17) is 4.74 Å². The summed E-state index contributed by atoms with van der Waals surface area (Å²) in [6, 6.07) is -1.01. The number of nitrogens with zero attached hydrogens (tertiary/aromatic N) is 1. The van der Waals surface area contributed by atoms with Crippen LogP contribution >= 0.6 is 0 Å². The Morgan fingerprint density at radius 2 is 1.67 bits per heavy atom. The van der Waals surface area contributed by atoms with Crippen LogP contribution in [0.1, 0.15) is 99.8 Å². The van der Waals surface area contributed by atoms with Crippen molar-refractivity contribution in [1.82, 2.24) is 26.2 Å². The molecule has 0 aromatic rings. The number of aliphatic hydroxyl groups is 1. The number of hydrogen-bond donors (Lipinski definition) is 5. The highest BCUT2D eigenvalue weighted by Crippen LogP contribution is 2.30. The standard InChI is InChI=1S/C32H61N5O5/c1-8-23(4)28(34-16-19-37-17-14-33-15-18-37)30(40)36-29(39)25(22(2)3)21-27(38)26(20-24-12-10-9-11-13-24)35-31(41)42-32(5,6)7/h22-28,33-34,38H,8-21H2,1-7H3,(H,35,41)(H,36,39,40)/t23-,25-,26-,27-,28-/m0/s1. The normalized spacial score (nSPS) is 20.8. The van der Waals surface area contributed by atoms with Gasteiger partial charge in [0.1, 0.15) is 5.60 Å². The number of rotatable bonds is 15. The number of amides is 3. The molecule has 10 heteroatoms. The van der Waals surface area contributed by atoms with Gasteiger partial charge in [0.15, 0.2) is 0 Å². The molecule has 1 aliphatic heterocycles. The number of alkyl carbamates (subject to hydrolysis) is 1. The summed E-state index contributed by atoms with van der Waals surface area (Å²) >= 11 is 0. The number of imide groups is 1. The molecule has 5 N–H and O–H groups in total. The van der Waals surface area contributed by atoms with E-state index in [2.05, 4.69) is 26.2 Å². The Kier molecular flexibility index (Phi) is 15.7. The second kappa shape index (κ2) is 18.1. The molecule has 2 fully saturated rings. The van der Waals surface area contributed by atoms with Crippen LogP contribution in [0.3, 0.4) is 0 Å². The summed E-state index contributed by atoms with van der Waals surface area (Å²) in [5.41, 5.74) is -0.656. The van der Waals surface area contributed by atoms with Crippen molar-refractivity contribution >= 4 is 17.9 Å². The minimum atomic E-state index is -0.949. The molecule has 3 amide bonds. The molecule has 1 aliphatic carbocycles. The van der Waals surface area contributed by atoms with E-state index in [1.54, 1.807) is 0 Å². The van der Waals surface area contributed by atoms with Gasteiger partial charge in [0.05, 0.1) is 18.2 Å². The molecule has 1 saturated heterocycles. The molecule has 0 bridgehead atoms. The zero-order chi connectivity index (χ0) is 31.3. The molecule has 1 saturated carbocycles. The highest BCUT2D eigenvalue weighted by Gasteiger charge is 2.34. The minimum Gasteiger partial charge on any atom is -0.444 e. The molecule has 5 atom stereocenters. The van der Waals surface area contributed by atoms with E-state index in [-0.39, 0.29) is 30.1 Å². The maximum Gasteiger partial charge on any atom is 0.407 e. The average Bonchev–Trinajstić information content (AvgIpc) is 2.93. The first kappa shape index (κ1) is 36.4. The monoisotopic (exact) mass is 595 g/mol. The lowest BCUT2D eigenvalue weighted by Crippen LogP contribution is -2.54. The van der Waals surface area contributed by atoms with Crippen LogP contribution in [0.5, 0.6) is 0 Å². The minimum absolute atomic E-state index is 0.0572. The number of aliphatic hydroxyl groups excluding tert-OH is 1. The number of carbonyl (C=O) groups excluding carboxylic acids is 3. The van der Waals surface area contributed by atoms with Gasteiger partial charge < -0.3 is 25.8 Å². The molecule has 42 heavy (non-hydrogen) atoms. The van der Waals surface area contributed by atoms with Crippen LogP contribution in [0.25, 0.3) is 0 Å². The summed E-state index contributed by atoms with van der Waals surface area (Å²) in [4.78, 5) is 41.9. The summed E-state index contributed by atoms with van der Waals surface area (Å²) < 4.78 is 5.49. The Morgan fingerprint density at radius 1 is 1.02 bits per heavy atom. The van der Waals surface area contributed by atoms with Gasteiger partial charge in [-0.25, -0.2) is 4.79 Å². The van der Waals surface area contributed by atoms with Crippen molar-refractivity contribution in [3.63, 3.8) is 0 Å². The van der Waals surface area contributed by atoms with Crippen LogP contribution in [0, 0.1) is 23.7 Å². The van der Waals surface area contributed by atoms with Crippen molar-refractivity contribution in [2.45, 2.75) is 124 Å². The number of ether oxygens (including phenoxy) is 1. The van der Waals surface area contributed by atoms with E-state index < -0.39 is 35.8 Å². The molecule has 1 heterocycles. The van der Waals surface area contributed by atoms with E-state index >= 15 is 0 Å². The van der Waals surface area contributed by atoms with E-state index in [0.29, 0.717) is 18.9 Å². The van der Waals surface area contributed by atoms with E-state index in [1.165, 1.54) is 6.42 Å². The van der Waals surface area contributed by atoms with Crippen molar-refractivity contribution < 1.29 is 24.2 Å². The molecule has 244 valence electrons. The summed E-state index contributed by atoms with van der Waals surface area (Å²) in [6.45, 7) is 18.8. The fourth-order valence-electron chi connectivity index (χ4n) is 6.05. The van der Waals surface area contributed by atoms with Crippen LogP contribution in [0.2, 0.25) is 0 Å². The lowest BCUT2D eigenvalue weighted by Gasteiger charge is -2.33. The second-order valence-electron chi connectivity index (χ2n) is 13.9. The van der Waals surface area contributed by atoms with Crippen molar-refractivity contribution in [3.05, 3.63) is 0 Å². The Morgan fingerprint density at radius 3 is 2.24 bits per heavy atom. The lowest BCUT2D eigenvalue weighted by molar-refractivity contribution is -0.136. The molecular formula is C32H61N5O5. The number of nitrogens with one attached hydrogen (secondary N) is 4. The van der Waals surface area contributed by atoms with Crippen LogP contribution in [-0.2, 0) is 14.3 Å². The summed E-state index contributed by atoms with van der Waals surface area (Å²) in [7, 11) is 0. The SMILES string of the molecule is CC[C@H](C)[C@H](NCCN1CCNCC1)C(=O)NC(=O)[C@@H](C[C@H](O)[C@H](CC1CCCCC1)NC(=O)OC(C)(C)C)C(C)C. The van der Waals surface area contributed by atoms with E-state index in [9.17, 15) is 19.5 Å². The first-order valence-corrected chi connectivity index (χ1v) is 16.5. The molecule has 2 aliphatic rings. The number of piperazine rings is 1. The van der Waals surface area contributed by atoms with Gasteiger partial charge in [0.2, 0.25) is 11.8 Å². The Labute approximate surface area is 254 Å². The zero-order valence-electron chi connectivity index (χ0n) is 27.5. The summed E-state index contributed by atoms with van der Waals surface area (Å²) in [6.07, 6.45) is 5.74. The van der Waals surface area contributed by atoms with E-state index in [1.807, 2.05) is 48.5 Å². The third-order valence-electron chi connectivity index (χ3n) is 8.86. The Bertz CT molecular complexity index is 821. The smallest absolute Gasteiger partial charge is 0.407 e. The summed E-state index contributed by atoms with van der Waals surface area (Å²) in [5, 5.41) is 23.7. The van der Waals surface area contributed by atoms with Crippen LogP contribution in [-0.4, -0.2) is 91.0 Å². The second-order valence-corrected chi connectivity index (χ2v) is 13.9. The zero-order valence-corrected chi connectivity index (χ0v) is 27.5. The highest BCUT2D eigenvalue weighted by molar-refractivity contribution is 5.98. The van der Waals surface area contributed by atoms with E-state index in [0.717, 1.165) is 64.8 Å². The first-order chi connectivity index (χ1) is 19.8. The molecule has 0 unspecified atom stereocenters. The molecule has 0 spiro atoms. The fraction of sp³-hybridized carbons (Fsp3) is 0.906. The maximum absolute atomic E-state index is 13.5. The van der Waals surface area contributed by atoms with Gasteiger partial charge in [-0.2, -0.15) is 0 Å². The largest absolute Gasteiger partial charge is 0.444 e. The third-order valence-corrected chi connectivity index (χ3v) is 8.86. The Hall–Kier alpha value is -1.75. The van der Waals surface area contributed by atoms with Crippen LogP contribution in [0.15, 0.2) is 0 Å². The topological polar surface area (TPSA) is 132 Å². The predicted octanol–water partition coefficient (Wildman–Crippen LogP) is 3.43. The maximum atomic E-state index is 13.5. The Balaban J connectivity index is 2.05. The predicted molar refractivity (Wildman–Crippen MR) is 167 cm³/mol. The molecule has 0 aromatic carbocycles. The molecule has 0 aromatic heterocycles. The van der Waals surface area contributed by atoms with Gasteiger partial charge in [-0.3, -0.25) is 19.8 Å². The van der Waals surface area contributed by atoms with Crippen molar-refractivity contribution in [2.75, 3.05) is 39.3 Å². The van der Waals surface area contributed by atoms with Gasteiger partial charge >= 0.3 is 6.09 Å². The van der Waals surface area contributed by atoms with Gasteiger partial charge in [-0.1, -0.05) is 66.2 Å². The quantitative estimate of drug-likeness (QED) is 0.195. The fourth-order valence-corrected chi connectivity index (χ4v) is 6.05. The van der Waals surface area contributed by atoms with Crippen molar-refractivity contribution in [2.24, 2.45) is 23.7 Å². The first-order valence-electron chi connectivity index (χ1n) is 16.5.